The van der Waals surface area contributed by atoms with Crippen LogP contribution >= 0.6 is 0 Å². The van der Waals surface area contributed by atoms with Crippen LogP contribution in [-0.4, -0.2) is 31.9 Å². The molecule has 1 N–H and O–H groups in total. The average molecular weight is 244 g/mol. The van der Waals surface area contributed by atoms with Gasteiger partial charge >= 0.3 is 0 Å². The van der Waals surface area contributed by atoms with Crippen LogP contribution in [0.4, 0.5) is 0 Å². The van der Waals surface area contributed by atoms with E-state index in [1.165, 1.54) is 4.31 Å². The summed E-state index contributed by atoms with van der Waals surface area (Å²) in [5.41, 5.74) is 0. The van der Waals surface area contributed by atoms with Crippen LogP contribution in [-0.2, 0) is 10.2 Å². The number of hydrogen-bond donors (Lipinski definition) is 1. The summed E-state index contributed by atoms with van der Waals surface area (Å²) in [6, 6.07) is -0.401. The molecule has 0 spiro atoms. The number of hydrogen-bond acceptors (Lipinski definition) is 2. The highest BCUT2D eigenvalue weighted by Gasteiger charge is 2.28. The molecule has 2 unspecified atom stereocenters. The molecular weight excluding hydrogens is 224 g/mol. The minimum atomic E-state index is -3.40. The van der Waals surface area contributed by atoms with E-state index in [0.29, 0.717) is 25.4 Å². The summed E-state index contributed by atoms with van der Waals surface area (Å²) >= 11 is 0. The Morgan fingerprint density at radius 1 is 1.62 bits per heavy atom. The zero-order valence-corrected chi connectivity index (χ0v) is 10.8. The molecular formula is C11H20N2O2S. The molecule has 0 saturated carbocycles. The van der Waals surface area contributed by atoms with E-state index in [1.54, 1.807) is 0 Å². The molecule has 1 heterocycles. The number of piperidine rings is 1. The summed E-state index contributed by atoms with van der Waals surface area (Å²) in [5.74, 6) is 2.87. The lowest BCUT2D eigenvalue weighted by Gasteiger charge is -2.30. The highest BCUT2D eigenvalue weighted by atomic mass is 32.2. The Balaban J connectivity index is 2.66. The van der Waals surface area contributed by atoms with Gasteiger partial charge in [-0.1, -0.05) is 19.8 Å². The summed E-state index contributed by atoms with van der Waals surface area (Å²) in [6.45, 7) is 5.13. The maximum absolute atomic E-state index is 12.0. The summed E-state index contributed by atoms with van der Waals surface area (Å²) in [4.78, 5) is 0. The van der Waals surface area contributed by atoms with Crippen molar-refractivity contribution < 1.29 is 8.42 Å². The standard InChI is InChI=1S/C11H20N2O2S/c1-4-11(5-2)12-16(14,15)13-8-6-7-10(3)9-13/h1,10-12H,5-9H2,2-3H3. The highest BCUT2D eigenvalue weighted by Crippen LogP contribution is 2.17. The molecule has 1 aliphatic heterocycles. The predicted molar refractivity (Wildman–Crippen MR) is 64.9 cm³/mol. The smallest absolute Gasteiger partial charge is 0.195 e. The molecule has 1 saturated heterocycles. The molecule has 4 nitrogen and oxygen atoms in total. The molecule has 1 rings (SSSR count). The molecule has 0 bridgehead atoms. The maximum Gasteiger partial charge on any atom is 0.280 e. The molecule has 0 aromatic carbocycles. The Bertz CT molecular complexity index is 359. The van der Waals surface area contributed by atoms with E-state index in [1.807, 2.05) is 6.92 Å². The zero-order valence-electron chi connectivity index (χ0n) is 9.94. The van der Waals surface area contributed by atoms with Gasteiger partial charge < -0.3 is 0 Å². The van der Waals surface area contributed by atoms with Crippen LogP contribution in [0.25, 0.3) is 0 Å². The monoisotopic (exact) mass is 244 g/mol. The van der Waals surface area contributed by atoms with Gasteiger partial charge in [-0.25, -0.2) is 0 Å². The molecule has 2 atom stereocenters. The molecule has 0 amide bonds. The van der Waals surface area contributed by atoms with Crippen molar-refractivity contribution in [1.82, 2.24) is 9.03 Å². The summed E-state index contributed by atoms with van der Waals surface area (Å²) in [5, 5.41) is 0. The fourth-order valence-corrected chi connectivity index (χ4v) is 3.42. The van der Waals surface area contributed by atoms with Crippen molar-refractivity contribution in [3.05, 3.63) is 0 Å². The summed E-state index contributed by atoms with van der Waals surface area (Å²) in [6.07, 6.45) is 7.88. The minimum absolute atomic E-state index is 0.401. The van der Waals surface area contributed by atoms with Gasteiger partial charge in [-0.2, -0.15) is 17.4 Å². The van der Waals surface area contributed by atoms with Crippen LogP contribution < -0.4 is 4.72 Å². The number of nitrogens with zero attached hydrogens (tertiary/aromatic N) is 1. The van der Waals surface area contributed by atoms with Gasteiger partial charge in [-0.15, -0.1) is 6.42 Å². The first-order valence-corrected chi connectivity index (χ1v) is 7.17. The molecule has 1 fully saturated rings. The Labute approximate surface area is 98.6 Å². The Hall–Kier alpha value is -0.570. The fourth-order valence-electron chi connectivity index (χ4n) is 1.85. The zero-order chi connectivity index (χ0) is 12.2. The first-order chi connectivity index (χ1) is 7.49. The lowest BCUT2D eigenvalue weighted by molar-refractivity contribution is 0.277. The van der Waals surface area contributed by atoms with Gasteiger partial charge in [0, 0.05) is 13.1 Å². The van der Waals surface area contributed by atoms with E-state index in [0.717, 1.165) is 12.8 Å². The van der Waals surface area contributed by atoms with Crippen LogP contribution in [0.3, 0.4) is 0 Å². The van der Waals surface area contributed by atoms with E-state index >= 15 is 0 Å². The lowest BCUT2D eigenvalue weighted by atomic mass is 10.0. The largest absolute Gasteiger partial charge is 0.280 e. The van der Waals surface area contributed by atoms with Gasteiger partial charge in [-0.05, 0) is 25.2 Å². The van der Waals surface area contributed by atoms with Gasteiger partial charge in [0.1, 0.15) is 0 Å². The van der Waals surface area contributed by atoms with Crippen LogP contribution in [0.1, 0.15) is 33.1 Å². The highest BCUT2D eigenvalue weighted by molar-refractivity contribution is 7.87. The molecule has 5 heteroatoms. The van der Waals surface area contributed by atoms with E-state index in [-0.39, 0.29) is 0 Å². The van der Waals surface area contributed by atoms with E-state index in [9.17, 15) is 8.42 Å². The molecule has 16 heavy (non-hydrogen) atoms. The van der Waals surface area contributed by atoms with Gasteiger partial charge in [0.25, 0.3) is 10.2 Å². The molecule has 0 aliphatic carbocycles. The third kappa shape index (κ3) is 3.48. The number of nitrogens with one attached hydrogen (secondary N) is 1. The van der Waals surface area contributed by atoms with E-state index in [2.05, 4.69) is 17.6 Å². The Morgan fingerprint density at radius 2 is 2.31 bits per heavy atom. The summed E-state index contributed by atoms with van der Waals surface area (Å²) in [7, 11) is -3.40. The van der Waals surface area contributed by atoms with Crippen molar-refractivity contribution in [2.24, 2.45) is 5.92 Å². The maximum atomic E-state index is 12.0. The third-order valence-electron chi connectivity index (χ3n) is 2.86. The van der Waals surface area contributed by atoms with Gasteiger partial charge in [0.05, 0.1) is 6.04 Å². The van der Waals surface area contributed by atoms with Crippen molar-refractivity contribution in [3.63, 3.8) is 0 Å². The van der Waals surface area contributed by atoms with Gasteiger partial charge in [0.15, 0.2) is 0 Å². The first-order valence-electron chi connectivity index (χ1n) is 5.73. The molecule has 92 valence electrons. The van der Waals surface area contributed by atoms with Crippen molar-refractivity contribution in [1.29, 1.82) is 0 Å². The summed E-state index contributed by atoms with van der Waals surface area (Å²) < 4.78 is 28.0. The second-order valence-electron chi connectivity index (χ2n) is 4.36. The van der Waals surface area contributed by atoms with Crippen LogP contribution in [0.5, 0.6) is 0 Å². The number of rotatable bonds is 4. The van der Waals surface area contributed by atoms with Crippen LogP contribution in [0.2, 0.25) is 0 Å². The van der Waals surface area contributed by atoms with Gasteiger partial charge in [0.2, 0.25) is 0 Å². The van der Waals surface area contributed by atoms with Crippen molar-refractivity contribution in [2.75, 3.05) is 13.1 Å². The quantitative estimate of drug-likeness (QED) is 0.749. The minimum Gasteiger partial charge on any atom is -0.195 e. The lowest BCUT2D eigenvalue weighted by Crippen LogP contribution is -2.48. The average Bonchev–Trinajstić information content (AvgIpc) is 2.26. The second kappa shape index (κ2) is 5.67. The van der Waals surface area contributed by atoms with Gasteiger partial charge in [-0.3, -0.25) is 0 Å². The second-order valence-corrected chi connectivity index (χ2v) is 6.06. The fraction of sp³-hybridized carbons (Fsp3) is 0.818. The molecule has 0 aromatic rings. The van der Waals surface area contributed by atoms with Crippen molar-refractivity contribution in [3.8, 4) is 12.3 Å². The van der Waals surface area contributed by atoms with E-state index < -0.39 is 16.3 Å². The van der Waals surface area contributed by atoms with Crippen molar-refractivity contribution in [2.45, 2.75) is 39.2 Å². The molecule has 0 aromatic heterocycles. The van der Waals surface area contributed by atoms with E-state index in [4.69, 9.17) is 6.42 Å². The van der Waals surface area contributed by atoms with Crippen LogP contribution in [0.15, 0.2) is 0 Å². The molecule has 1 aliphatic rings. The first kappa shape index (κ1) is 13.5. The third-order valence-corrected chi connectivity index (χ3v) is 4.45. The SMILES string of the molecule is C#CC(CC)NS(=O)(=O)N1CCCC(C)C1. The predicted octanol–water partition coefficient (Wildman–Crippen LogP) is 0.964. The Kier molecular flexibility index (Phi) is 4.78. The normalized spacial score (nSPS) is 24.9. The van der Waals surface area contributed by atoms with Crippen LogP contribution in [0, 0.1) is 18.3 Å². The van der Waals surface area contributed by atoms with Crippen molar-refractivity contribution >= 4 is 10.2 Å². The number of terminal acetylenes is 1. The molecule has 0 radical (unpaired) electrons. The Morgan fingerprint density at radius 3 is 2.81 bits per heavy atom. The topological polar surface area (TPSA) is 49.4 Å².